The topological polar surface area (TPSA) is 29.1 Å². The molecule has 0 spiro atoms. The third-order valence-corrected chi connectivity index (χ3v) is 2.64. The first-order valence-corrected chi connectivity index (χ1v) is 6.09. The molecule has 0 aliphatic heterocycles. The maximum absolute atomic E-state index is 13.3. The average molecular weight is 288 g/mol. The number of nitrogens with one attached hydrogen (secondary N) is 1. The molecule has 1 rings (SSSR count). The zero-order valence-electron chi connectivity index (χ0n) is 9.22. The van der Waals surface area contributed by atoms with Crippen molar-refractivity contribution in [2.75, 3.05) is 13.1 Å². The lowest BCUT2D eigenvalue weighted by atomic mass is 10.1. The number of hydrogen-bond acceptors (Lipinski definition) is 2. The lowest BCUT2D eigenvalue weighted by Crippen LogP contribution is -2.25. The molecule has 0 fully saturated rings. The van der Waals surface area contributed by atoms with Crippen LogP contribution in [0.3, 0.4) is 0 Å². The molecule has 0 unspecified atom stereocenters. The first-order chi connectivity index (χ1) is 7.63. The van der Waals surface area contributed by atoms with Crippen LogP contribution in [-0.2, 0) is 11.2 Å². The van der Waals surface area contributed by atoms with E-state index < -0.39 is 0 Å². The van der Waals surface area contributed by atoms with Gasteiger partial charge in [-0.3, -0.25) is 4.79 Å². The lowest BCUT2D eigenvalue weighted by Gasteiger charge is -2.04. The molecule has 1 N–H and O–H groups in total. The summed E-state index contributed by atoms with van der Waals surface area (Å²) in [5.74, 6) is -0.322. The normalized spacial score (nSPS) is 10.4. The van der Waals surface area contributed by atoms with Crippen molar-refractivity contribution in [1.29, 1.82) is 0 Å². The van der Waals surface area contributed by atoms with Gasteiger partial charge in [0.15, 0.2) is 5.78 Å². The maximum atomic E-state index is 13.3. The lowest BCUT2D eigenvalue weighted by molar-refractivity contribution is -0.117. The predicted octanol–water partition coefficient (Wildman–Crippen LogP) is 2.70. The van der Waals surface area contributed by atoms with Gasteiger partial charge in [-0.1, -0.05) is 22.9 Å². The second kappa shape index (κ2) is 6.76. The summed E-state index contributed by atoms with van der Waals surface area (Å²) >= 11 is 3.26. The molecule has 0 aliphatic rings. The van der Waals surface area contributed by atoms with E-state index in [1.165, 1.54) is 6.07 Å². The highest BCUT2D eigenvalue weighted by Crippen LogP contribution is 2.16. The third kappa shape index (κ3) is 4.41. The van der Waals surface area contributed by atoms with E-state index in [0.29, 0.717) is 12.1 Å². The molecule has 88 valence electrons. The number of carbonyl (C=O) groups is 1. The molecule has 0 aromatic heterocycles. The SMILES string of the molecule is CCCNCC(=O)Cc1cc(Br)ccc1F. The van der Waals surface area contributed by atoms with Crippen LogP contribution in [0.4, 0.5) is 4.39 Å². The Bertz CT molecular complexity index is 368. The number of rotatable bonds is 6. The van der Waals surface area contributed by atoms with E-state index in [1.807, 2.05) is 6.92 Å². The van der Waals surface area contributed by atoms with Crippen molar-refractivity contribution >= 4 is 21.7 Å². The number of ketones is 1. The second-order valence-electron chi connectivity index (χ2n) is 3.63. The largest absolute Gasteiger partial charge is 0.310 e. The van der Waals surface area contributed by atoms with Crippen molar-refractivity contribution in [2.24, 2.45) is 0 Å². The van der Waals surface area contributed by atoms with E-state index in [1.54, 1.807) is 12.1 Å². The quantitative estimate of drug-likeness (QED) is 0.815. The highest BCUT2D eigenvalue weighted by molar-refractivity contribution is 9.10. The summed E-state index contributed by atoms with van der Waals surface area (Å²) in [5.41, 5.74) is 0.442. The fourth-order valence-corrected chi connectivity index (χ4v) is 1.77. The highest BCUT2D eigenvalue weighted by atomic mass is 79.9. The molecule has 0 saturated heterocycles. The molecule has 0 atom stereocenters. The molecule has 1 aromatic carbocycles. The Morgan fingerprint density at radius 2 is 2.25 bits per heavy atom. The van der Waals surface area contributed by atoms with E-state index in [0.717, 1.165) is 17.4 Å². The number of benzene rings is 1. The third-order valence-electron chi connectivity index (χ3n) is 2.14. The minimum absolute atomic E-state index is 0.00505. The van der Waals surface area contributed by atoms with Crippen LogP contribution in [0.1, 0.15) is 18.9 Å². The molecular weight excluding hydrogens is 273 g/mol. The molecule has 1 aromatic rings. The van der Waals surface area contributed by atoms with Crippen molar-refractivity contribution in [3.63, 3.8) is 0 Å². The molecule has 0 saturated carbocycles. The standard InChI is InChI=1S/C12H15BrFNO/c1-2-5-15-8-11(16)7-9-6-10(13)3-4-12(9)14/h3-4,6,15H,2,5,7-8H2,1H3. The summed E-state index contributed by atoms with van der Waals surface area (Å²) in [7, 11) is 0. The fraction of sp³-hybridized carbons (Fsp3) is 0.417. The minimum atomic E-state index is -0.327. The maximum Gasteiger partial charge on any atom is 0.151 e. The second-order valence-corrected chi connectivity index (χ2v) is 4.54. The van der Waals surface area contributed by atoms with Crippen LogP contribution in [0.15, 0.2) is 22.7 Å². The molecule has 0 radical (unpaired) electrons. The Balaban J connectivity index is 2.52. The van der Waals surface area contributed by atoms with E-state index in [9.17, 15) is 9.18 Å². The zero-order chi connectivity index (χ0) is 12.0. The molecule has 16 heavy (non-hydrogen) atoms. The molecule has 0 bridgehead atoms. The van der Waals surface area contributed by atoms with Gasteiger partial charge in [-0.15, -0.1) is 0 Å². The van der Waals surface area contributed by atoms with Gasteiger partial charge in [0.25, 0.3) is 0 Å². The van der Waals surface area contributed by atoms with E-state index in [-0.39, 0.29) is 18.0 Å². The van der Waals surface area contributed by atoms with Gasteiger partial charge in [-0.25, -0.2) is 4.39 Å². The van der Waals surface area contributed by atoms with Crippen molar-refractivity contribution in [2.45, 2.75) is 19.8 Å². The van der Waals surface area contributed by atoms with E-state index >= 15 is 0 Å². The summed E-state index contributed by atoms with van der Waals surface area (Å²) in [6.07, 6.45) is 1.13. The van der Waals surface area contributed by atoms with Gasteiger partial charge in [0.1, 0.15) is 5.82 Å². The average Bonchev–Trinajstić information content (AvgIpc) is 2.24. The van der Waals surface area contributed by atoms with Crippen LogP contribution in [0.5, 0.6) is 0 Å². The Hall–Kier alpha value is -0.740. The van der Waals surface area contributed by atoms with E-state index in [2.05, 4.69) is 21.2 Å². The molecule has 0 aliphatic carbocycles. The van der Waals surface area contributed by atoms with Gasteiger partial charge in [0, 0.05) is 10.9 Å². The highest BCUT2D eigenvalue weighted by Gasteiger charge is 2.08. The zero-order valence-corrected chi connectivity index (χ0v) is 10.8. The van der Waals surface area contributed by atoms with Gasteiger partial charge in [0.05, 0.1) is 6.54 Å². The van der Waals surface area contributed by atoms with Gasteiger partial charge in [0.2, 0.25) is 0 Å². The van der Waals surface area contributed by atoms with Crippen molar-refractivity contribution in [3.05, 3.63) is 34.1 Å². The number of halogens is 2. The summed E-state index contributed by atoms with van der Waals surface area (Å²) < 4.78 is 14.1. The van der Waals surface area contributed by atoms with Gasteiger partial charge in [-0.2, -0.15) is 0 Å². The first kappa shape index (κ1) is 13.3. The Morgan fingerprint density at radius 3 is 2.94 bits per heavy atom. The van der Waals surface area contributed by atoms with E-state index in [4.69, 9.17) is 0 Å². The van der Waals surface area contributed by atoms with Crippen LogP contribution in [0, 0.1) is 5.82 Å². The Kier molecular flexibility index (Phi) is 5.63. The molecular formula is C12H15BrFNO. The summed E-state index contributed by atoms with van der Waals surface area (Å²) in [6.45, 7) is 3.15. The molecule has 2 nitrogen and oxygen atoms in total. The van der Waals surface area contributed by atoms with Crippen LogP contribution in [0.25, 0.3) is 0 Å². The van der Waals surface area contributed by atoms with Crippen LogP contribution in [0.2, 0.25) is 0 Å². The fourth-order valence-electron chi connectivity index (χ4n) is 1.36. The van der Waals surface area contributed by atoms with Gasteiger partial charge < -0.3 is 5.32 Å². The van der Waals surface area contributed by atoms with Crippen molar-refractivity contribution in [1.82, 2.24) is 5.32 Å². The monoisotopic (exact) mass is 287 g/mol. The Labute approximate surface area is 103 Å². The van der Waals surface area contributed by atoms with Gasteiger partial charge in [-0.05, 0) is 36.7 Å². The molecule has 0 amide bonds. The van der Waals surface area contributed by atoms with Crippen LogP contribution < -0.4 is 5.32 Å². The summed E-state index contributed by atoms with van der Waals surface area (Å²) in [6, 6.07) is 4.64. The summed E-state index contributed by atoms with van der Waals surface area (Å²) in [4.78, 5) is 11.5. The number of Topliss-reactive ketones (excluding diaryl/α,β-unsaturated/α-hetero) is 1. The van der Waals surface area contributed by atoms with Crippen molar-refractivity contribution in [3.8, 4) is 0 Å². The first-order valence-electron chi connectivity index (χ1n) is 5.29. The van der Waals surface area contributed by atoms with Crippen LogP contribution >= 0.6 is 15.9 Å². The van der Waals surface area contributed by atoms with Crippen molar-refractivity contribution < 1.29 is 9.18 Å². The Morgan fingerprint density at radius 1 is 1.50 bits per heavy atom. The predicted molar refractivity (Wildman–Crippen MR) is 66.0 cm³/mol. The number of hydrogen-bond donors (Lipinski definition) is 1. The smallest absolute Gasteiger partial charge is 0.151 e. The minimum Gasteiger partial charge on any atom is -0.310 e. The summed E-state index contributed by atoms with van der Waals surface area (Å²) in [5, 5.41) is 3.01. The molecule has 4 heteroatoms. The van der Waals surface area contributed by atoms with Gasteiger partial charge >= 0.3 is 0 Å². The van der Waals surface area contributed by atoms with Crippen LogP contribution in [-0.4, -0.2) is 18.9 Å². The molecule has 0 heterocycles. The number of carbonyl (C=O) groups excluding carboxylic acids is 1.